The molecule has 1 saturated heterocycles. The molecule has 0 bridgehead atoms. The van der Waals surface area contributed by atoms with Gasteiger partial charge in [0.2, 0.25) is 0 Å². The molecule has 1 aromatic carbocycles. The van der Waals surface area contributed by atoms with Gasteiger partial charge >= 0.3 is 0 Å². The minimum atomic E-state index is 1.24. The lowest BCUT2D eigenvalue weighted by atomic mass is 10.1. The molecule has 0 atom stereocenters. The van der Waals surface area contributed by atoms with Gasteiger partial charge in [0.15, 0.2) is 0 Å². The second kappa shape index (κ2) is 2.26. The summed E-state index contributed by atoms with van der Waals surface area (Å²) in [7, 11) is 0. The van der Waals surface area contributed by atoms with E-state index in [2.05, 4.69) is 36.9 Å². The highest BCUT2D eigenvalue weighted by atomic mass is 15.3. The molecule has 0 saturated carbocycles. The first-order valence-electron chi connectivity index (χ1n) is 4.09. The largest absolute Gasteiger partial charge is 0.368 e. The molecule has 11 heavy (non-hydrogen) atoms. The van der Waals surface area contributed by atoms with Gasteiger partial charge < -0.3 is 4.90 Å². The molecular weight excluding hydrogens is 134 g/mol. The van der Waals surface area contributed by atoms with Crippen LogP contribution in [-0.2, 0) is 0 Å². The normalized spacial score (nSPS) is 15.3. The second-order valence-electron chi connectivity index (χ2n) is 3.28. The molecule has 0 amide bonds. The topological polar surface area (TPSA) is 3.01 Å². The Bertz CT molecular complexity index is 274. The Morgan fingerprint density at radius 1 is 1.18 bits per heavy atom. The molecule has 1 aliphatic rings. The van der Waals surface area contributed by atoms with E-state index >= 15 is 0 Å². The Hall–Kier alpha value is -0.980. The summed E-state index contributed by atoms with van der Waals surface area (Å²) in [5.41, 5.74) is 4.18. The van der Waals surface area contributed by atoms with E-state index in [0.717, 1.165) is 0 Å². The van der Waals surface area contributed by atoms with Crippen LogP contribution >= 0.6 is 0 Å². The summed E-state index contributed by atoms with van der Waals surface area (Å²) >= 11 is 0. The molecule has 58 valence electrons. The third kappa shape index (κ3) is 1.23. The Morgan fingerprint density at radius 2 is 1.91 bits per heavy atom. The van der Waals surface area contributed by atoms with Crippen molar-refractivity contribution in [3.8, 4) is 0 Å². The molecule has 2 rings (SSSR count). The van der Waals surface area contributed by atoms with Crippen molar-refractivity contribution in [3.63, 3.8) is 0 Å². The average molecular weight is 147 g/mol. The number of nitrogens with zero attached hydrogens (tertiary/aromatic N) is 1. The fourth-order valence-corrected chi connectivity index (χ4v) is 1.35. The van der Waals surface area contributed by atoms with Crippen LogP contribution in [0.5, 0.6) is 0 Å². The summed E-state index contributed by atoms with van der Waals surface area (Å²) < 4.78 is 0. The van der Waals surface area contributed by atoms with Crippen molar-refractivity contribution in [2.75, 3.05) is 18.0 Å². The van der Waals surface area contributed by atoms with Crippen molar-refractivity contribution in [2.24, 2.45) is 0 Å². The van der Waals surface area contributed by atoms with Crippen LogP contribution in [0.3, 0.4) is 0 Å². The summed E-state index contributed by atoms with van der Waals surface area (Å²) in [5, 5.41) is 0. The molecule has 1 fully saturated rings. The van der Waals surface area contributed by atoms with Gasteiger partial charge in [-0.15, -0.1) is 0 Å². The second-order valence-corrected chi connectivity index (χ2v) is 3.28. The highest BCUT2D eigenvalue weighted by Crippen LogP contribution is 2.25. The van der Waals surface area contributed by atoms with Gasteiger partial charge in [-0.25, -0.2) is 0 Å². The van der Waals surface area contributed by atoms with Gasteiger partial charge in [0, 0.05) is 18.8 Å². The molecule has 0 N–H and O–H groups in total. The van der Waals surface area contributed by atoms with Gasteiger partial charge in [-0.3, -0.25) is 0 Å². The number of hydrogen-bond donors (Lipinski definition) is 0. The van der Waals surface area contributed by atoms with Crippen molar-refractivity contribution in [1.82, 2.24) is 0 Å². The summed E-state index contributed by atoms with van der Waals surface area (Å²) in [5.74, 6) is 0. The van der Waals surface area contributed by atoms with Crippen LogP contribution in [0.4, 0.5) is 5.69 Å². The summed E-state index contributed by atoms with van der Waals surface area (Å²) in [6.07, 6.45) is 0. The maximum atomic E-state index is 2.39. The third-order valence-electron chi connectivity index (χ3n) is 2.15. The van der Waals surface area contributed by atoms with Gasteiger partial charge in [0.25, 0.3) is 0 Å². The molecule has 1 aromatic rings. The smallest absolute Gasteiger partial charge is 0.0399 e. The van der Waals surface area contributed by atoms with Crippen LogP contribution < -0.4 is 4.90 Å². The van der Waals surface area contributed by atoms with Crippen LogP contribution in [-0.4, -0.2) is 13.1 Å². The standard InChI is InChI=1S/C10H13N/c1-8-3-4-9(2)10(7-8)11-5-6-11/h3-4,7H,5-6H2,1-2H3. The van der Waals surface area contributed by atoms with Crippen LogP contribution in [0, 0.1) is 13.8 Å². The highest BCUT2D eigenvalue weighted by Gasteiger charge is 2.19. The van der Waals surface area contributed by atoms with Crippen molar-refractivity contribution in [1.29, 1.82) is 0 Å². The summed E-state index contributed by atoms with van der Waals surface area (Å²) in [6, 6.07) is 6.63. The number of rotatable bonds is 1. The van der Waals surface area contributed by atoms with Gasteiger partial charge in [-0.2, -0.15) is 0 Å². The molecule has 0 spiro atoms. The molecule has 1 heteroatoms. The third-order valence-corrected chi connectivity index (χ3v) is 2.15. The Labute approximate surface area is 67.6 Å². The quantitative estimate of drug-likeness (QED) is 0.550. The molecule has 0 aliphatic carbocycles. The Morgan fingerprint density at radius 3 is 2.55 bits per heavy atom. The van der Waals surface area contributed by atoms with Crippen molar-refractivity contribution in [3.05, 3.63) is 29.3 Å². The van der Waals surface area contributed by atoms with Gasteiger partial charge in [-0.05, 0) is 31.0 Å². The number of anilines is 1. The van der Waals surface area contributed by atoms with E-state index in [1.165, 1.54) is 29.9 Å². The first-order chi connectivity index (χ1) is 5.27. The Balaban J connectivity index is 2.42. The molecule has 1 aliphatic heterocycles. The maximum Gasteiger partial charge on any atom is 0.0399 e. The molecule has 0 radical (unpaired) electrons. The predicted molar refractivity (Wildman–Crippen MR) is 48.1 cm³/mol. The van der Waals surface area contributed by atoms with E-state index in [4.69, 9.17) is 0 Å². The molecule has 0 unspecified atom stereocenters. The minimum Gasteiger partial charge on any atom is -0.368 e. The van der Waals surface area contributed by atoms with Crippen molar-refractivity contribution in [2.45, 2.75) is 13.8 Å². The van der Waals surface area contributed by atoms with Gasteiger partial charge in [0.1, 0.15) is 0 Å². The van der Waals surface area contributed by atoms with Crippen LogP contribution in [0.1, 0.15) is 11.1 Å². The average Bonchev–Trinajstić information content (AvgIpc) is 2.76. The zero-order valence-electron chi connectivity index (χ0n) is 7.09. The first-order valence-corrected chi connectivity index (χ1v) is 4.09. The number of benzene rings is 1. The van der Waals surface area contributed by atoms with E-state index in [-0.39, 0.29) is 0 Å². The van der Waals surface area contributed by atoms with E-state index in [9.17, 15) is 0 Å². The summed E-state index contributed by atoms with van der Waals surface area (Å²) in [4.78, 5) is 2.39. The lowest BCUT2D eigenvalue weighted by Crippen LogP contribution is -1.93. The van der Waals surface area contributed by atoms with Crippen molar-refractivity contribution < 1.29 is 0 Å². The maximum absolute atomic E-state index is 2.39. The molecular formula is C10H13N. The number of aryl methyl sites for hydroxylation is 2. The lowest BCUT2D eigenvalue weighted by molar-refractivity contribution is 1.30. The molecule has 1 nitrogen and oxygen atoms in total. The number of hydrogen-bond acceptors (Lipinski definition) is 1. The molecule has 1 heterocycles. The Kier molecular flexibility index (Phi) is 1.38. The van der Waals surface area contributed by atoms with E-state index in [0.29, 0.717) is 0 Å². The van der Waals surface area contributed by atoms with Gasteiger partial charge in [-0.1, -0.05) is 12.1 Å². The minimum absolute atomic E-state index is 1.24. The van der Waals surface area contributed by atoms with E-state index in [1.807, 2.05) is 0 Å². The van der Waals surface area contributed by atoms with E-state index < -0.39 is 0 Å². The van der Waals surface area contributed by atoms with E-state index in [1.54, 1.807) is 0 Å². The SMILES string of the molecule is Cc1ccc(C)c(N2CC2)c1. The first kappa shape index (κ1) is 6.71. The van der Waals surface area contributed by atoms with Crippen LogP contribution in [0.15, 0.2) is 18.2 Å². The van der Waals surface area contributed by atoms with Gasteiger partial charge in [0.05, 0.1) is 0 Å². The predicted octanol–water partition coefficient (Wildman–Crippen LogP) is 2.12. The summed E-state index contributed by atoms with van der Waals surface area (Å²) in [6.45, 7) is 6.80. The lowest BCUT2D eigenvalue weighted by Gasteiger charge is -2.07. The fourth-order valence-electron chi connectivity index (χ4n) is 1.35. The van der Waals surface area contributed by atoms with Crippen LogP contribution in [0.2, 0.25) is 0 Å². The molecule has 0 aromatic heterocycles. The monoisotopic (exact) mass is 147 g/mol. The highest BCUT2D eigenvalue weighted by molar-refractivity contribution is 5.58. The van der Waals surface area contributed by atoms with Crippen LogP contribution in [0.25, 0.3) is 0 Å². The zero-order chi connectivity index (χ0) is 7.84. The fraction of sp³-hybridized carbons (Fsp3) is 0.400. The zero-order valence-corrected chi connectivity index (χ0v) is 7.09. The van der Waals surface area contributed by atoms with Crippen molar-refractivity contribution >= 4 is 5.69 Å².